The van der Waals surface area contributed by atoms with E-state index in [0.29, 0.717) is 11.6 Å². The van der Waals surface area contributed by atoms with Crippen LogP contribution in [0.5, 0.6) is 0 Å². The minimum Gasteiger partial charge on any atom is -0.383 e. The van der Waals surface area contributed by atoms with E-state index >= 15 is 0 Å². The third-order valence-corrected chi connectivity index (χ3v) is 2.63. The Bertz CT molecular complexity index is 594. The molecule has 0 unspecified atom stereocenters. The minimum atomic E-state index is -1.26. The van der Waals surface area contributed by atoms with Crippen LogP contribution in [0, 0.1) is 17.5 Å². The molecule has 0 radical (unpaired) electrons. The number of nitrogens with two attached hydrogens (primary N) is 1. The molecule has 2 rings (SSSR count). The number of aromatic nitrogens is 1. The zero-order chi connectivity index (χ0) is 12.7. The lowest BCUT2D eigenvalue weighted by Crippen LogP contribution is -2.03. The number of rotatable bonds is 1. The van der Waals surface area contributed by atoms with E-state index in [-0.39, 0.29) is 22.6 Å². The quantitative estimate of drug-likeness (QED) is 0.776. The van der Waals surface area contributed by atoms with Crippen LogP contribution in [0.3, 0.4) is 0 Å². The summed E-state index contributed by atoms with van der Waals surface area (Å²) in [4.78, 5) is 3.74. The summed E-state index contributed by atoms with van der Waals surface area (Å²) in [7, 11) is 0. The molecule has 2 aromatic rings. The summed E-state index contributed by atoms with van der Waals surface area (Å²) in [5, 5.41) is -0.0539. The van der Waals surface area contributed by atoms with Gasteiger partial charge in [0.05, 0.1) is 0 Å². The standard InChI is InChI=1S/C12H11F3N2/c1-5(2)6-3-7-8(13)4-9(14)10(15)11(7)17-12(6)16/h3-5H,1-2H3,(H2,16,17). The molecule has 1 heterocycles. The predicted octanol–water partition coefficient (Wildman–Crippen LogP) is 3.36. The van der Waals surface area contributed by atoms with Gasteiger partial charge in [-0.25, -0.2) is 18.2 Å². The fourth-order valence-corrected chi connectivity index (χ4v) is 1.72. The van der Waals surface area contributed by atoms with Crippen molar-refractivity contribution in [3.63, 3.8) is 0 Å². The summed E-state index contributed by atoms with van der Waals surface area (Å²) in [5.41, 5.74) is 5.88. The van der Waals surface area contributed by atoms with E-state index in [1.54, 1.807) is 0 Å². The highest BCUT2D eigenvalue weighted by molar-refractivity contribution is 5.83. The molecule has 0 fully saturated rings. The number of hydrogen-bond donors (Lipinski definition) is 1. The number of halogens is 3. The molecule has 0 aliphatic heterocycles. The molecule has 90 valence electrons. The zero-order valence-electron chi connectivity index (χ0n) is 9.39. The molecule has 0 aliphatic carbocycles. The van der Waals surface area contributed by atoms with Crippen LogP contribution in [0.2, 0.25) is 0 Å². The van der Waals surface area contributed by atoms with E-state index in [2.05, 4.69) is 4.98 Å². The predicted molar refractivity (Wildman–Crippen MR) is 60.1 cm³/mol. The van der Waals surface area contributed by atoms with Crippen LogP contribution < -0.4 is 5.73 Å². The SMILES string of the molecule is CC(C)c1cc2c(F)cc(F)c(F)c2nc1N. The van der Waals surface area contributed by atoms with Gasteiger partial charge >= 0.3 is 0 Å². The summed E-state index contributed by atoms with van der Waals surface area (Å²) < 4.78 is 40.0. The van der Waals surface area contributed by atoms with Gasteiger partial charge in [0.2, 0.25) is 0 Å². The highest BCUT2D eigenvalue weighted by Crippen LogP contribution is 2.28. The number of pyridine rings is 1. The lowest BCUT2D eigenvalue weighted by Gasteiger charge is -2.11. The van der Waals surface area contributed by atoms with Crippen LogP contribution >= 0.6 is 0 Å². The van der Waals surface area contributed by atoms with E-state index in [1.807, 2.05) is 13.8 Å². The van der Waals surface area contributed by atoms with Gasteiger partial charge in [-0.2, -0.15) is 0 Å². The molecule has 17 heavy (non-hydrogen) atoms. The Morgan fingerprint density at radius 3 is 2.35 bits per heavy atom. The van der Waals surface area contributed by atoms with Crippen molar-refractivity contribution in [2.24, 2.45) is 0 Å². The Balaban J connectivity index is 2.87. The first kappa shape index (κ1) is 11.7. The zero-order valence-corrected chi connectivity index (χ0v) is 9.39. The van der Waals surface area contributed by atoms with Gasteiger partial charge in [-0.3, -0.25) is 0 Å². The molecule has 2 nitrogen and oxygen atoms in total. The van der Waals surface area contributed by atoms with Gasteiger partial charge in [0.25, 0.3) is 0 Å². The molecule has 1 aromatic heterocycles. The maximum atomic E-state index is 13.5. The summed E-state index contributed by atoms with van der Waals surface area (Å²) in [5.74, 6) is -3.16. The van der Waals surface area contributed by atoms with E-state index < -0.39 is 17.5 Å². The van der Waals surface area contributed by atoms with Crippen molar-refractivity contribution < 1.29 is 13.2 Å². The second-order valence-corrected chi connectivity index (χ2v) is 4.17. The van der Waals surface area contributed by atoms with Crippen LogP contribution in [0.4, 0.5) is 19.0 Å². The Labute approximate surface area is 96.3 Å². The average molecular weight is 240 g/mol. The average Bonchev–Trinajstić information content (AvgIpc) is 2.25. The van der Waals surface area contributed by atoms with Crippen molar-refractivity contribution in [2.75, 3.05) is 5.73 Å². The first-order chi connectivity index (χ1) is 7.91. The van der Waals surface area contributed by atoms with Crippen LogP contribution in [-0.2, 0) is 0 Å². The van der Waals surface area contributed by atoms with Gasteiger partial charge in [0.15, 0.2) is 11.6 Å². The van der Waals surface area contributed by atoms with Gasteiger partial charge in [-0.15, -0.1) is 0 Å². The van der Waals surface area contributed by atoms with E-state index in [0.717, 1.165) is 0 Å². The summed E-state index contributed by atoms with van der Waals surface area (Å²) >= 11 is 0. The maximum Gasteiger partial charge on any atom is 0.185 e. The first-order valence-corrected chi connectivity index (χ1v) is 5.15. The Hall–Kier alpha value is -1.78. The van der Waals surface area contributed by atoms with Crippen molar-refractivity contribution in [1.29, 1.82) is 0 Å². The van der Waals surface area contributed by atoms with Crippen LogP contribution in [0.15, 0.2) is 12.1 Å². The fraction of sp³-hybridized carbons (Fsp3) is 0.250. The molecular formula is C12H11F3N2. The molecule has 0 bridgehead atoms. The summed E-state index contributed by atoms with van der Waals surface area (Å²) in [6, 6.07) is 1.93. The lowest BCUT2D eigenvalue weighted by molar-refractivity contribution is 0.504. The number of benzene rings is 1. The van der Waals surface area contributed by atoms with Crippen molar-refractivity contribution in [3.8, 4) is 0 Å². The largest absolute Gasteiger partial charge is 0.383 e. The molecule has 0 aliphatic rings. The molecule has 5 heteroatoms. The highest BCUT2D eigenvalue weighted by Gasteiger charge is 2.16. The number of anilines is 1. The van der Waals surface area contributed by atoms with Gasteiger partial charge in [0.1, 0.15) is 17.2 Å². The van der Waals surface area contributed by atoms with Gasteiger partial charge in [0, 0.05) is 11.5 Å². The second-order valence-electron chi connectivity index (χ2n) is 4.17. The van der Waals surface area contributed by atoms with Crippen molar-refractivity contribution in [3.05, 3.63) is 35.1 Å². The molecule has 0 spiro atoms. The van der Waals surface area contributed by atoms with E-state index in [9.17, 15) is 13.2 Å². The third-order valence-electron chi connectivity index (χ3n) is 2.63. The molecule has 1 aromatic carbocycles. The number of nitrogens with zero attached hydrogens (tertiary/aromatic N) is 1. The monoisotopic (exact) mass is 240 g/mol. The summed E-state index contributed by atoms with van der Waals surface area (Å²) in [6.45, 7) is 3.72. The van der Waals surface area contributed by atoms with Gasteiger partial charge in [-0.1, -0.05) is 13.8 Å². The number of fused-ring (bicyclic) bond motifs is 1. The number of hydrogen-bond acceptors (Lipinski definition) is 2. The molecule has 0 amide bonds. The van der Waals surface area contributed by atoms with E-state index in [1.165, 1.54) is 6.07 Å². The molecular weight excluding hydrogens is 229 g/mol. The van der Waals surface area contributed by atoms with Crippen molar-refractivity contribution in [1.82, 2.24) is 4.98 Å². The first-order valence-electron chi connectivity index (χ1n) is 5.15. The smallest absolute Gasteiger partial charge is 0.185 e. The topological polar surface area (TPSA) is 38.9 Å². The van der Waals surface area contributed by atoms with Crippen LogP contribution in [0.25, 0.3) is 10.9 Å². The minimum absolute atomic E-state index is 0.0272. The van der Waals surface area contributed by atoms with Gasteiger partial charge < -0.3 is 5.73 Å². The number of nitrogen functional groups attached to an aromatic ring is 1. The lowest BCUT2D eigenvalue weighted by atomic mass is 10.0. The highest BCUT2D eigenvalue weighted by atomic mass is 19.2. The molecule has 0 atom stereocenters. The Morgan fingerprint density at radius 1 is 1.12 bits per heavy atom. The summed E-state index contributed by atoms with van der Waals surface area (Å²) in [6.07, 6.45) is 0. The normalized spacial score (nSPS) is 11.4. The van der Waals surface area contributed by atoms with Gasteiger partial charge in [-0.05, 0) is 17.5 Å². The van der Waals surface area contributed by atoms with Crippen LogP contribution in [-0.4, -0.2) is 4.98 Å². The fourth-order valence-electron chi connectivity index (χ4n) is 1.72. The van der Waals surface area contributed by atoms with Crippen LogP contribution in [0.1, 0.15) is 25.3 Å². The molecule has 0 saturated carbocycles. The Kier molecular flexibility index (Phi) is 2.69. The maximum absolute atomic E-state index is 13.5. The van der Waals surface area contributed by atoms with Crippen molar-refractivity contribution >= 4 is 16.7 Å². The third kappa shape index (κ3) is 1.81. The molecule has 0 saturated heterocycles. The van der Waals surface area contributed by atoms with E-state index in [4.69, 9.17) is 5.73 Å². The second kappa shape index (κ2) is 3.91. The van der Waals surface area contributed by atoms with Crippen molar-refractivity contribution in [2.45, 2.75) is 19.8 Å². The molecule has 2 N–H and O–H groups in total. The Morgan fingerprint density at radius 2 is 1.76 bits per heavy atom.